The van der Waals surface area contributed by atoms with E-state index in [9.17, 15) is 9.59 Å². The maximum atomic E-state index is 10.8. The highest BCUT2D eigenvalue weighted by Gasteiger charge is 1.97. The molecule has 0 saturated heterocycles. The van der Waals surface area contributed by atoms with Gasteiger partial charge in [0.05, 0.1) is 12.7 Å². The Labute approximate surface area is 118 Å². The first kappa shape index (κ1) is 20.6. The molecule has 0 amide bonds. The quantitative estimate of drug-likeness (QED) is 0.453. The summed E-state index contributed by atoms with van der Waals surface area (Å²) in [6.45, 7) is 7.94. The van der Waals surface area contributed by atoms with Crippen molar-refractivity contribution in [2.24, 2.45) is 0 Å². The van der Waals surface area contributed by atoms with Gasteiger partial charge in [0.15, 0.2) is 0 Å². The van der Waals surface area contributed by atoms with E-state index in [4.69, 9.17) is 4.74 Å². The number of ketones is 1. The third kappa shape index (κ3) is 22.9. The van der Waals surface area contributed by atoms with Gasteiger partial charge in [-0.25, -0.2) is 0 Å². The van der Waals surface area contributed by atoms with E-state index in [0.717, 1.165) is 32.3 Å². The van der Waals surface area contributed by atoms with Crippen molar-refractivity contribution >= 4 is 12.1 Å². The van der Waals surface area contributed by atoms with E-state index in [1.807, 2.05) is 21.0 Å². The van der Waals surface area contributed by atoms with Gasteiger partial charge in [0, 0.05) is 25.8 Å². The molecule has 0 atom stereocenters. The summed E-state index contributed by atoms with van der Waals surface area (Å²) in [7, 11) is 4.09. The minimum absolute atomic E-state index is 0.282. The minimum Gasteiger partial charge on any atom is -0.377 e. The van der Waals surface area contributed by atoms with Gasteiger partial charge in [0.2, 0.25) is 0 Å². The lowest BCUT2D eigenvalue weighted by atomic mass is 10.1. The Morgan fingerprint density at radius 3 is 2.32 bits per heavy atom. The van der Waals surface area contributed by atoms with Crippen LogP contribution >= 0.6 is 0 Å². The Bertz CT molecular complexity index is 207. The Kier molecular flexibility index (Phi) is 16.6. The number of rotatable bonds is 10. The molecule has 0 saturated carbocycles. The molecule has 0 aromatic heterocycles. The molecule has 0 aliphatic heterocycles. The van der Waals surface area contributed by atoms with E-state index in [1.54, 1.807) is 0 Å². The van der Waals surface area contributed by atoms with Gasteiger partial charge in [-0.1, -0.05) is 6.92 Å². The minimum atomic E-state index is 0.282. The van der Waals surface area contributed by atoms with Crippen molar-refractivity contribution < 1.29 is 14.3 Å². The molecule has 114 valence electrons. The highest BCUT2D eigenvalue weighted by molar-refractivity contribution is 5.78. The summed E-state index contributed by atoms with van der Waals surface area (Å²) in [6.07, 6.45) is 4.63. The molecule has 0 radical (unpaired) electrons. The van der Waals surface area contributed by atoms with Crippen molar-refractivity contribution in [3.8, 4) is 0 Å². The van der Waals surface area contributed by atoms with Crippen LogP contribution in [0.2, 0.25) is 0 Å². The van der Waals surface area contributed by atoms with Crippen molar-refractivity contribution in [1.82, 2.24) is 4.90 Å². The third-order valence-electron chi connectivity index (χ3n) is 2.30. The van der Waals surface area contributed by atoms with Gasteiger partial charge in [-0.05, 0) is 40.8 Å². The Balaban J connectivity index is 0. The number of unbranched alkanes of at least 4 members (excludes halogenated alkanes) is 1. The first-order valence-electron chi connectivity index (χ1n) is 7.15. The summed E-state index contributed by atoms with van der Waals surface area (Å²) in [5, 5.41) is 0. The van der Waals surface area contributed by atoms with Crippen LogP contribution < -0.4 is 0 Å². The molecule has 0 aliphatic carbocycles. The molecule has 4 heteroatoms. The average Bonchev–Trinajstić information content (AvgIpc) is 2.29. The van der Waals surface area contributed by atoms with Crippen LogP contribution in [0.15, 0.2) is 0 Å². The molecule has 19 heavy (non-hydrogen) atoms. The van der Waals surface area contributed by atoms with E-state index in [0.29, 0.717) is 25.4 Å². The second kappa shape index (κ2) is 15.3. The number of carbonyl (C=O) groups excluding carboxylic acids is 2. The molecular weight excluding hydrogens is 242 g/mol. The number of nitrogens with zero attached hydrogens (tertiary/aromatic N) is 1. The lowest BCUT2D eigenvalue weighted by Gasteiger charge is -2.11. The number of aldehydes is 1. The average molecular weight is 273 g/mol. The van der Waals surface area contributed by atoms with Crippen molar-refractivity contribution in [3.63, 3.8) is 0 Å². The van der Waals surface area contributed by atoms with Gasteiger partial charge in [0.25, 0.3) is 0 Å². The number of Topliss-reactive ketones (excluding diaryl/α,β-unsaturated/α-hetero) is 1. The van der Waals surface area contributed by atoms with Crippen LogP contribution in [0.25, 0.3) is 0 Å². The molecular formula is C15H31NO3. The molecule has 0 rings (SSSR count). The molecule has 0 fully saturated rings. The largest absolute Gasteiger partial charge is 0.377 e. The topological polar surface area (TPSA) is 46.6 Å². The number of ether oxygens (including phenoxy) is 1. The number of hydrogen-bond acceptors (Lipinski definition) is 4. The molecule has 0 bridgehead atoms. The summed E-state index contributed by atoms with van der Waals surface area (Å²) in [4.78, 5) is 22.7. The second-order valence-electron chi connectivity index (χ2n) is 5.07. The van der Waals surface area contributed by atoms with Gasteiger partial charge >= 0.3 is 0 Å². The summed E-state index contributed by atoms with van der Waals surface area (Å²) >= 11 is 0. The lowest BCUT2D eigenvalue weighted by molar-refractivity contribution is -0.119. The zero-order chi connectivity index (χ0) is 15.1. The molecule has 0 aliphatic rings. The zero-order valence-electron chi connectivity index (χ0n) is 13.3. The molecule has 0 N–H and O–H groups in total. The van der Waals surface area contributed by atoms with Crippen molar-refractivity contribution in [1.29, 1.82) is 0 Å². The highest BCUT2D eigenvalue weighted by Crippen LogP contribution is 1.99. The molecule has 0 heterocycles. The van der Waals surface area contributed by atoms with Crippen LogP contribution in [0.3, 0.4) is 0 Å². The SMILES string of the molecule is CC(C)OCCN(C)C.CCCC(=O)CCCC=O. The number of carbonyl (C=O) groups is 2. The molecule has 0 aromatic carbocycles. The Morgan fingerprint density at radius 1 is 1.26 bits per heavy atom. The third-order valence-corrected chi connectivity index (χ3v) is 2.30. The predicted molar refractivity (Wildman–Crippen MR) is 79.5 cm³/mol. The number of likely N-dealkylation sites (N-methyl/N-ethyl adjacent to an activating group) is 1. The van der Waals surface area contributed by atoms with E-state index < -0.39 is 0 Å². The van der Waals surface area contributed by atoms with Gasteiger partial charge in [-0.3, -0.25) is 4.79 Å². The Morgan fingerprint density at radius 2 is 1.89 bits per heavy atom. The molecule has 0 unspecified atom stereocenters. The molecule has 0 aromatic rings. The standard InChI is InChI=1S/C8H14O2.C7H17NO/c1-2-5-8(10)6-3-4-7-9;1-7(2)9-6-5-8(3)4/h7H,2-6H2,1H3;7H,5-6H2,1-4H3. The van der Waals surface area contributed by atoms with Crippen LogP contribution in [-0.4, -0.2) is 50.3 Å². The first-order valence-corrected chi connectivity index (χ1v) is 7.15. The van der Waals surface area contributed by atoms with Crippen LogP contribution in [0, 0.1) is 0 Å². The van der Waals surface area contributed by atoms with Crippen LogP contribution in [0.4, 0.5) is 0 Å². The smallest absolute Gasteiger partial charge is 0.132 e. The summed E-state index contributed by atoms with van der Waals surface area (Å²) < 4.78 is 5.31. The van der Waals surface area contributed by atoms with E-state index in [1.165, 1.54) is 0 Å². The fraction of sp³-hybridized carbons (Fsp3) is 0.867. The maximum Gasteiger partial charge on any atom is 0.132 e. The van der Waals surface area contributed by atoms with Crippen LogP contribution in [0.1, 0.15) is 52.9 Å². The Hall–Kier alpha value is -0.740. The van der Waals surface area contributed by atoms with E-state index >= 15 is 0 Å². The van der Waals surface area contributed by atoms with Crippen molar-refractivity contribution in [2.45, 2.75) is 59.0 Å². The van der Waals surface area contributed by atoms with E-state index in [2.05, 4.69) is 18.7 Å². The summed E-state index contributed by atoms with van der Waals surface area (Å²) in [6, 6.07) is 0. The summed E-state index contributed by atoms with van der Waals surface area (Å²) in [5.74, 6) is 0.282. The van der Waals surface area contributed by atoms with Gasteiger partial charge in [-0.15, -0.1) is 0 Å². The van der Waals surface area contributed by atoms with Crippen LogP contribution in [-0.2, 0) is 14.3 Å². The summed E-state index contributed by atoms with van der Waals surface area (Å²) in [5.41, 5.74) is 0. The van der Waals surface area contributed by atoms with Gasteiger partial charge in [-0.2, -0.15) is 0 Å². The van der Waals surface area contributed by atoms with Crippen molar-refractivity contribution in [3.05, 3.63) is 0 Å². The second-order valence-corrected chi connectivity index (χ2v) is 5.07. The fourth-order valence-corrected chi connectivity index (χ4v) is 1.26. The van der Waals surface area contributed by atoms with Crippen LogP contribution in [0.5, 0.6) is 0 Å². The molecule has 0 spiro atoms. The monoisotopic (exact) mass is 273 g/mol. The number of hydrogen-bond donors (Lipinski definition) is 0. The lowest BCUT2D eigenvalue weighted by Crippen LogP contribution is -2.19. The normalized spacial score (nSPS) is 10.3. The van der Waals surface area contributed by atoms with Gasteiger partial charge < -0.3 is 14.4 Å². The first-order chi connectivity index (χ1) is 8.93. The van der Waals surface area contributed by atoms with Gasteiger partial charge in [0.1, 0.15) is 12.1 Å². The predicted octanol–water partition coefficient (Wildman–Crippen LogP) is 2.70. The highest BCUT2D eigenvalue weighted by atomic mass is 16.5. The van der Waals surface area contributed by atoms with Crippen molar-refractivity contribution in [2.75, 3.05) is 27.2 Å². The molecule has 4 nitrogen and oxygen atoms in total. The fourth-order valence-electron chi connectivity index (χ4n) is 1.26. The zero-order valence-corrected chi connectivity index (χ0v) is 13.3. The maximum absolute atomic E-state index is 10.8. The van der Waals surface area contributed by atoms with E-state index in [-0.39, 0.29) is 5.78 Å².